The zero-order valence-electron chi connectivity index (χ0n) is 18.6. The van der Waals surface area contributed by atoms with E-state index >= 15 is 0 Å². The van der Waals surface area contributed by atoms with Gasteiger partial charge in [-0.1, -0.05) is 62.8 Å². The molecule has 2 fully saturated rings. The van der Waals surface area contributed by atoms with Crippen molar-refractivity contribution >= 4 is 11.6 Å². The first-order chi connectivity index (χ1) is 14.6. The fraction of sp³-hybridized carbons (Fsp3) is 0.692. The number of unbranched alkanes of at least 4 members (excludes halogenated alkanes) is 4. The third kappa shape index (κ3) is 6.94. The van der Waals surface area contributed by atoms with Gasteiger partial charge in [0.15, 0.2) is 5.78 Å². The summed E-state index contributed by atoms with van der Waals surface area (Å²) in [6.45, 7) is 1.92. The second kappa shape index (κ2) is 11.6. The Bertz CT molecular complexity index is 673. The van der Waals surface area contributed by atoms with Crippen molar-refractivity contribution < 1.29 is 9.53 Å². The molecule has 2 aliphatic rings. The molecule has 0 amide bonds. The number of aryl methyl sites for hydroxylation is 1. The summed E-state index contributed by atoms with van der Waals surface area (Å²) < 4.78 is 5.88. The van der Waals surface area contributed by atoms with Crippen LogP contribution in [0.15, 0.2) is 24.3 Å². The predicted molar refractivity (Wildman–Crippen MR) is 123 cm³/mol. The van der Waals surface area contributed by atoms with Crippen molar-refractivity contribution in [2.24, 2.45) is 17.1 Å². The molecule has 2 aliphatic carbocycles. The number of ketones is 1. The number of Topliss-reactive ketones (excluding diaryl/α,β-unsaturated/α-hetero) is 1. The number of carbonyl (C=O) groups is 1. The maximum atomic E-state index is 12.4. The van der Waals surface area contributed by atoms with Gasteiger partial charge in [0, 0.05) is 19.6 Å². The van der Waals surface area contributed by atoms with E-state index in [1.807, 2.05) is 0 Å². The number of ether oxygens (including phenoxy) is 1. The molecule has 0 spiro atoms. The topological polar surface area (TPSA) is 76.2 Å². The van der Waals surface area contributed by atoms with Crippen LogP contribution in [-0.2, 0) is 22.4 Å². The Morgan fingerprint density at radius 1 is 0.967 bits per heavy atom. The number of hydrogen-bond donors (Lipinski definition) is 2. The van der Waals surface area contributed by atoms with Gasteiger partial charge in [0.25, 0.3) is 0 Å². The molecule has 4 heteroatoms. The van der Waals surface area contributed by atoms with Crippen LogP contribution < -0.4 is 5.73 Å². The average Bonchev–Trinajstić information content (AvgIpc) is 3.57. The molecule has 1 aromatic carbocycles. The van der Waals surface area contributed by atoms with Crippen LogP contribution in [0.25, 0.3) is 0 Å². The molecule has 4 nitrogen and oxygen atoms in total. The van der Waals surface area contributed by atoms with Crippen molar-refractivity contribution in [3.8, 4) is 0 Å². The van der Waals surface area contributed by atoms with Crippen LogP contribution in [0.5, 0.6) is 0 Å². The van der Waals surface area contributed by atoms with Gasteiger partial charge in [-0.05, 0) is 62.0 Å². The van der Waals surface area contributed by atoms with Crippen LogP contribution >= 0.6 is 0 Å². The molecule has 0 atom stereocenters. The van der Waals surface area contributed by atoms with Crippen molar-refractivity contribution in [2.45, 2.75) is 89.9 Å². The molecule has 3 N–H and O–H groups in total. The van der Waals surface area contributed by atoms with E-state index in [0.29, 0.717) is 6.42 Å². The molecular formula is C26H40N2O2. The lowest BCUT2D eigenvalue weighted by atomic mass is 9.90. The Hall–Kier alpha value is -1.68. The Morgan fingerprint density at radius 2 is 1.60 bits per heavy atom. The van der Waals surface area contributed by atoms with Crippen LogP contribution in [0.1, 0.15) is 88.2 Å². The van der Waals surface area contributed by atoms with Gasteiger partial charge in [0.1, 0.15) is 5.84 Å². The lowest BCUT2D eigenvalue weighted by Crippen LogP contribution is -2.32. The fourth-order valence-electron chi connectivity index (χ4n) is 4.67. The molecule has 166 valence electrons. The summed E-state index contributed by atoms with van der Waals surface area (Å²) in [6.07, 6.45) is 16.2. The van der Waals surface area contributed by atoms with Crippen LogP contribution in [0.3, 0.4) is 0 Å². The van der Waals surface area contributed by atoms with Crippen molar-refractivity contribution in [3.05, 3.63) is 35.4 Å². The largest absolute Gasteiger partial charge is 0.387 e. The van der Waals surface area contributed by atoms with Gasteiger partial charge >= 0.3 is 0 Å². The van der Waals surface area contributed by atoms with E-state index in [4.69, 9.17) is 15.9 Å². The third-order valence-corrected chi connectivity index (χ3v) is 7.02. The molecule has 2 saturated carbocycles. The molecule has 3 rings (SSSR count). The normalized spacial score (nSPS) is 18.3. The smallest absolute Gasteiger partial charge is 0.150 e. The maximum Gasteiger partial charge on any atom is 0.150 e. The number of amidine groups is 1. The predicted octanol–water partition coefficient (Wildman–Crippen LogP) is 5.60. The number of rotatable bonds is 14. The van der Waals surface area contributed by atoms with Gasteiger partial charge < -0.3 is 10.5 Å². The summed E-state index contributed by atoms with van der Waals surface area (Å²) >= 11 is 0. The van der Waals surface area contributed by atoms with Crippen LogP contribution in [-0.4, -0.2) is 24.8 Å². The van der Waals surface area contributed by atoms with Gasteiger partial charge in [-0.25, -0.2) is 0 Å². The van der Waals surface area contributed by atoms with Crippen LogP contribution in [0, 0.1) is 16.7 Å². The molecule has 30 heavy (non-hydrogen) atoms. The van der Waals surface area contributed by atoms with Crippen molar-refractivity contribution in [1.29, 1.82) is 5.41 Å². The van der Waals surface area contributed by atoms with E-state index in [9.17, 15) is 4.79 Å². The lowest BCUT2D eigenvalue weighted by molar-refractivity contribution is -0.121. The standard InChI is InChI=1S/C26H40N2O2/c27-25(28)26(16-17-26)24(29)19-22-14-12-21(13-15-22)9-5-2-1-3-8-18-30-20-23-10-6-4-7-11-23/h12-15,23H,1-11,16-20H2,(H3,27,28). The first-order valence-electron chi connectivity index (χ1n) is 12.1. The third-order valence-electron chi connectivity index (χ3n) is 7.02. The van der Waals surface area contributed by atoms with Gasteiger partial charge in [-0.15, -0.1) is 0 Å². The van der Waals surface area contributed by atoms with Gasteiger partial charge in [0.05, 0.1) is 5.41 Å². The number of benzene rings is 1. The highest BCUT2D eigenvalue weighted by Gasteiger charge is 2.52. The summed E-state index contributed by atoms with van der Waals surface area (Å²) in [7, 11) is 0. The summed E-state index contributed by atoms with van der Waals surface area (Å²) in [5, 5.41) is 7.64. The maximum absolute atomic E-state index is 12.4. The Balaban J connectivity index is 1.21. The summed E-state index contributed by atoms with van der Waals surface area (Å²) in [6, 6.07) is 8.42. The molecule has 0 bridgehead atoms. The molecule has 0 saturated heterocycles. The number of nitrogens with one attached hydrogen (secondary N) is 1. The summed E-state index contributed by atoms with van der Waals surface area (Å²) in [4.78, 5) is 12.4. The minimum absolute atomic E-state index is 0.0416. The quantitative estimate of drug-likeness (QED) is 0.237. The highest BCUT2D eigenvalue weighted by molar-refractivity contribution is 6.09. The van der Waals surface area contributed by atoms with Crippen molar-refractivity contribution in [2.75, 3.05) is 13.2 Å². The van der Waals surface area contributed by atoms with Gasteiger partial charge in [-0.2, -0.15) is 0 Å². The average molecular weight is 413 g/mol. The summed E-state index contributed by atoms with van der Waals surface area (Å²) in [5.41, 5.74) is 7.35. The molecule has 1 aromatic rings. The number of nitrogens with two attached hydrogens (primary N) is 1. The van der Waals surface area contributed by atoms with Crippen molar-refractivity contribution in [3.63, 3.8) is 0 Å². The lowest BCUT2D eigenvalue weighted by Gasteiger charge is -2.21. The molecule has 0 unspecified atom stereocenters. The Morgan fingerprint density at radius 3 is 2.27 bits per heavy atom. The first kappa shape index (κ1) is 23.0. The first-order valence-corrected chi connectivity index (χ1v) is 12.1. The fourth-order valence-corrected chi connectivity index (χ4v) is 4.67. The zero-order valence-corrected chi connectivity index (χ0v) is 18.6. The molecule has 0 radical (unpaired) electrons. The van der Waals surface area contributed by atoms with E-state index < -0.39 is 5.41 Å². The Kier molecular flexibility index (Phi) is 8.92. The van der Waals surface area contributed by atoms with Crippen LogP contribution in [0.2, 0.25) is 0 Å². The minimum atomic E-state index is -0.639. The van der Waals surface area contributed by atoms with E-state index in [-0.39, 0.29) is 11.6 Å². The second-order valence-electron chi connectivity index (χ2n) is 9.51. The van der Waals surface area contributed by atoms with E-state index in [1.165, 1.54) is 69.8 Å². The molecule has 0 heterocycles. The minimum Gasteiger partial charge on any atom is -0.387 e. The van der Waals surface area contributed by atoms with Crippen LogP contribution in [0.4, 0.5) is 0 Å². The van der Waals surface area contributed by atoms with Gasteiger partial charge in [0.2, 0.25) is 0 Å². The molecule has 0 aliphatic heterocycles. The zero-order chi connectivity index (χ0) is 21.2. The highest BCUT2D eigenvalue weighted by atomic mass is 16.5. The van der Waals surface area contributed by atoms with E-state index in [2.05, 4.69) is 24.3 Å². The Labute approximate surface area is 182 Å². The second-order valence-corrected chi connectivity index (χ2v) is 9.51. The highest BCUT2D eigenvalue weighted by Crippen LogP contribution is 2.47. The molecule has 0 aromatic heterocycles. The van der Waals surface area contributed by atoms with Crippen molar-refractivity contribution in [1.82, 2.24) is 0 Å². The number of carbonyl (C=O) groups excluding carboxylic acids is 1. The van der Waals surface area contributed by atoms with Gasteiger partial charge in [-0.3, -0.25) is 10.2 Å². The summed E-state index contributed by atoms with van der Waals surface area (Å²) in [5.74, 6) is 0.970. The van der Waals surface area contributed by atoms with E-state index in [1.54, 1.807) is 0 Å². The molecular weight excluding hydrogens is 372 g/mol. The number of hydrogen-bond acceptors (Lipinski definition) is 3. The SMILES string of the molecule is N=C(N)C1(C(=O)Cc2ccc(CCCCCCCOCC3CCCCC3)cc2)CC1. The van der Waals surface area contributed by atoms with E-state index in [0.717, 1.165) is 44.0 Å². The monoisotopic (exact) mass is 412 g/mol.